The third-order valence-electron chi connectivity index (χ3n) is 4.88. The second kappa shape index (κ2) is 13.2. The number of fused-ring (bicyclic) bond motifs is 1. The maximum Gasteiger partial charge on any atom is 0.408 e. The van der Waals surface area contributed by atoms with E-state index in [1.165, 1.54) is 17.8 Å². The smallest absolute Gasteiger partial charge is 0.408 e. The van der Waals surface area contributed by atoms with Gasteiger partial charge in [-0.15, -0.1) is 6.58 Å². The van der Waals surface area contributed by atoms with Gasteiger partial charge in [0.1, 0.15) is 30.0 Å². The molecule has 0 spiro atoms. The predicted molar refractivity (Wildman–Crippen MR) is 134 cm³/mol. The van der Waals surface area contributed by atoms with E-state index in [2.05, 4.69) is 22.5 Å². The second-order valence-corrected chi connectivity index (χ2v) is 9.95. The summed E-state index contributed by atoms with van der Waals surface area (Å²) < 4.78 is 15.9. The van der Waals surface area contributed by atoms with Gasteiger partial charge < -0.3 is 35.3 Å². The minimum Gasteiger partial charge on any atom is -0.467 e. The summed E-state index contributed by atoms with van der Waals surface area (Å²) in [7, 11) is 0. The lowest BCUT2D eigenvalue weighted by Gasteiger charge is -2.26. The van der Waals surface area contributed by atoms with Crippen LogP contribution in [0.25, 0.3) is 0 Å². The van der Waals surface area contributed by atoms with Crippen LogP contribution in [0.4, 0.5) is 4.79 Å². The number of hydrogen-bond acceptors (Lipinski definition) is 9. The van der Waals surface area contributed by atoms with E-state index in [0.29, 0.717) is 16.9 Å². The number of carbonyl (C=O) groups excluding carboxylic acids is 4. The molecule has 0 bridgehead atoms. The van der Waals surface area contributed by atoms with Gasteiger partial charge in [0.05, 0.1) is 5.56 Å². The summed E-state index contributed by atoms with van der Waals surface area (Å²) in [6, 6.07) is 0.989. The van der Waals surface area contributed by atoms with Crippen LogP contribution in [0.5, 0.6) is 5.75 Å². The number of amides is 3. The van der Waals surface area contributed by atoms with Gasteiger partial charge in [0.15, 0.2) is 6.79 Å². The van der Waals surface area contributed by atoms with Crippen molar-refractivity contribution in [2.24, 2.45) is 0 Å². The van der Waals surface area contributed by atoms with E-state index < -0.39 is 55.0 Å². The van der Waals surface area contributed by atoms with Crippen LogP contribution in [-0.2, 0) is 24.8 Å². The van der Waals surface area contributed by atoms with E-state index in [9.17, 15) is 24.3 Å². The summed E-state index contributed by atoms with van der Waals surface area (Å²) in [5.41, 5.74) is 0.469. The van der Waals surface area contributed by atoms with Crippen LogP contribution >= 0.6 is 11.8 Å². The lowest BCUT2D eigenvalue weighted by Crippen LogP contribution is -2.56. The van der Waals surface area contributed by atoms with Gasteiger partial charge in [0, 0.05) is 23.6 Å². The fourth-order valence-corrected chi connectivity index (χ4v) is 4.35. The highest BCUT2D eigenvalue weighted by atomic mass is 32.2. The lowest BCUT2D eigenvalue weighted by molar-refractivity contribution is -0.130. The molecule has 0 unspecified atom stereocenters. The van der Waals surface area contributed by atoms with E-state index in [4.69, 9.17) is 14.2 Å². The second-order valence-electron chi connectivity index (χ2n) is 8.91. The molecular formula is C24H33N3O8S. The van der Waals surface area contributed by atoms with E-state index in [0.717, 1.165) is 0 Å². The molecule has 4 N–H and O–H groups in total. The molecule has 2 rings (SSSR count). The fraction of sp³-hybridized carbons (Fsp3) is 0.500. The van der Waals surface area contributed by atoms with Gasteiger partial charge in [-0.1, -0.05) is 12.1 Å². The summed E-state index contributed by atoms with van der Waals surface area (Å²) >= 11 is 1.27. The summed E-state index contributed by atoms with van der Waals surface area (Å²) in [6.45, 7) is 9.36. The van der Waals surface area contributed by atoms with E-state index in [-0.39, 0.29) is 23.6 Å². The van der Waals surface area contributed by atoms with Gasteiger partial charge in [0.25, 0.3) is 0 Å². The Morgan fingerprint density at radius 2 is 2.06 bits per heavy atom. The molecule has 0 radical (unpaired) electrons. The summed E-state index contributed by atoms with van der Waals surface area (Å²) in [5.74, 6) is -1.22. The Balaban J connectivity index is 2.43. The molecule has 0 saturated carbocycles. The Morgan fingerprint density at radius 3 is 2.69 bits per heavy atom. The predicted octanol–water partition coefficient (Wildman–Crippen LogP) is 1.41. The number of cyclic esters (lactones) is 1. The van der Waals surface area contributed by atoms with E-state index in [1.807, 2.05) is 0 Å². The first-order chi connectivity index (χ1) is 17.0. The third-order valence-corrected chi connectivity index (χ3v) is 5.94. The maximum atomic E-state index is 13.1. The molecule has 0 fully saturated rings. The lowest BCUT2D eigenvalue weighted by atomic mass is 10.0. The Hall–Kier alpha value is -3.25. The molecule has 1 aromatic rings. The minimum atomic E-state index is -1.33. The van der Waals surface area contributed by atoms with Crippen LogP contribution in [0.3, 0.4) is 0 Å². The highest BCUT2D eigenvalue weighted by Gasteiger charge is 2.31. The van der Waals surface area contributed by atoms with Crippen molar-refractivity contribution >= 4 is 35.6 Å². The quantitative estimate of drug-likeness (QED) is 0.246. The molecule has 12 heteroatoms. The van der Waals surface area contributed by atoms with Crippen LogP contribution < -0.4 is 20.7 Å². The Labute approximate surface area is 214 Å². The van der Waals surface area contributed by atoms with Crippen molar-refractivity contribution in [1.82, 2.24) is 16.0 Å². The maximum absolute atomic E-state index is 13.1. The van der Waals surface area contributed by atoms with Gasteiger partial charge in [-0.2, -0.15) is 11.8 Å². The number of esters is 1. The summed E-state index contributed by atoms with van der Waals surface area (Å²) in [6.07, 6.45) is 0.620. The van der Waals surface area contributed by atoms with Crippen LogP contribution in [0.15, 0.2) is 24.8 Å². The van der Waals surface area contributed by atoms with Gasteiger partial charge in [-0.05, 0) is 39.3 Å². The number of rotatable bonds is 6. The molecule has 36 heavy (non-hydrogen) atoms. The number of aliphatic hydroxyl groups is 1. The number of benzene rings is 1. The average molecular weight is 524 g/mol. The molecule has 3 amide bonds. The van der Waals surface area contributed by atoms with Crippen LogP contribution in [-0.4, -0.2) is 72.4 Å². The topological polar surface area (TPSA) is 152 Å². The molecule has 1 heterocycles. The first kappa shape index (κ1) is 29.0. The fourth-order valence-electron chi connectivity index (χ4n) is 3.27. The van der Waals surface area contributed by atoms with E-state index in [1.54, 1.807) is 39.8 Å². The number of hydrogen-bond donors (Lipinski definition) is 4. The first-order valence-corrected chi connectivity index (χ1v) is 12.4. The minimum absolute atomic E-state index is 0.148. The van der Waals surface area contributed by atoms with Crippen molar-refractivity contribution in [3.05, 3.63) is 41.5 Å². The molecule has 11 nitrogen and oxygen atoms in total. The van der Waals surface area contributed by atoms with Crippen molar-refractivity contribution < 1.29 is 38.5 Å². The standard InChI is InChI=1S/C24H33N3O8S/c1-6-9-25-20(29)17-12-36-11-15-18(34-13-28)8-7-14(2)19(15)22(31)33-10-16(21(30)26-17)27-23(32)35-24(3,4)5/h6-8,16-17,28H,1,9-13H2,2-5H3,(H,25,29)(H,26,30)(H,27,32)/t16-,17-/m0/s1. The monoisotopic (exact) mass is 523 g/mol. The molecular weight excluding hydrogens is 490 g/mol. The third kappa shape index (κ3) is 8.45. The largest absolute Gasteiger partial charge is 0.467 e. The molecule has 1 aromatic carbocycles. The highest BCUT2D eigenvalue weighted by molar-refractivity contribution is 7.98. The number of nitrogens with one attached hydrogen (secondary N) is 3. The molecule has 198 valence electrons. The van der Waals surface area contributed by atoms with E-state index >= 15 is 0 Å². The number of alkyl carbamates (subject to hydrolysis) is 1. The molecule has 1 aliphatic heterocycles. The van der Waals surface area contributed by atoms with Gasteiger partial charge in [-0.25, -0.2) is 9.59 Å². The number of thioether (sulfide) groups is 1. The van der Waals surface area contributed by atoms with Crippen molar-refractivity contribution in [3.8, 4) is 5.75 Å². The number of carbonyl (C=O) groups is 4. The SMILES string of the molecule is C=CCNC(=O)[C@@H]1CSCc2c(OCO)ccc(C)c2C(=O)OC[C@H](NC(=O)OC(C)(C)C)C(=O)N1. The van der Waals surface area contributed by atoms with Gasteiger partial charge >= 0.3 is 12.1 Å². The van der Waals surface area contributed by atoms with Crippen molar-refractivity contribution in [2.75, 3.05) is 25.7 Å². The summed E-state index contributed by atoms with van der Waals surface area (Å²) in [5, 5.41) is 17.0. The molecule has 2 atom stereocenters. The number of aryl methyl sites for hydroxylation is 1. The number of aliphatic hydroxyl groups excluding tert-OH is 1. The molecule has 0 aromatic heterocycles. The highest BCUT2D eigenvalue weighted by Crippen LogP contribution is 2.30. The van der Waals surface area contributed by atoms with Crippen molar-refractivity contribution in [3.63, 3.8) is 0 Å². The van der Waals surface area contributed by atoms with Gasteiger partial charge in [0.2, 0.25) is 11.8 Å². The van der Waals surface area contributed by atoms with Crippen molar-refractivity contribution in [2.45, 2.75) is 51.1 Å². The Morgan fingerprint density at radius 1 is 1.33 bits per heavy atom. The zero-order valence-electron chi connectivity index (χ0n) is 20.8. The molecule has 0 saturated heterocycles. The first-order valence-electron chi connectivity index (χ1n) is 11.3. The van der Waals surface area contributed by atoms with Crippen LogP contribution in [0.1, 0.15) is 42.3 Å². The molecule has 1 aliphatic rings. The molecule has 0 aliphatic carbocycles. The Bertz CT molecular complexity index is 992. The van der Waals surface area contributed by atoms with Crippen molar-refractivity contribution in [1.29, 1.82) is 0 Å². The Kier molecular flexibility index (Phi) is 10.6. The van der Waals surface area contributed by atoms with Gasteiger partial charge in [-0.3, -0.25) is 9.59 Å². The van der Waals surface area contributed by atoms with Crippen LogP contribution in [0, 0.1) is 6.92 Å². The zero-order valence-corrected chi connectivity index (χ0v) is 21.7. The summed E-state index contributed by atoms with van der Waals surface area (Å²) in [4.78, 5) is 51.2. The zero-order chi connectivity index (χ0) is 26.9. The number of ether oxygens (including phenoxy) is 3. The van der Waals surface area contributed by atoms with Crippen LogP contribution in [0.2, 0.25) is 0 Å². The average Bonchev–Trinajstić information content (AvgIpc) is 2.79. The normalized spacial score (nSPS) is 18.8.